The zero-order valence-corrected chi connectivity index (χ0v) is 11.7. The van der Waals surface area contributed by atoms with Crippen LogP contribution in [0.25, 0.3) is 0 Å². The van der Waals surface area contributed by atoms with Gasteiger partial charge in [0.05, 0.1) is 4.99 Å². The average Bonchev–Trinajstić information content (AvgIpc) is 2.39. The lowest BCUT2D eigenvalue weighted by atomic mass is 9.80. The van der Waals surface area contributed by atoms with Crippen molar-refractivity contribution in [1.29, 1.82) is 0 Å². The second-order valence-electron chi connectivity index (χ2n) is 5.22. The molecule has 1 aliphatic heterocycles. The highest BCUT2D eigenvalue weighted by atomic mass is 32.1. The summed E-state index contributed by atoms with van der Waals surface area (Å²) >= 11 is 5.07. The SMILES string of the molecule is CC1(C(N)=S)CCN(C(=O)c2ccc(F)cc2)CC1. The Morgan fingerprint density at radius 1 is 1.32 bits per heavy atom. The van der Waals surface area contributed by atoms with Crippen molar-refractivity contribution in [2.75, 3.05) is 13.1 Å². The van der Waals surface area contributed by atoms with Crippen LogP contribution in [0.2, 0.25) is 0 Å². The minimum Gasteiger partial charge on any atom is -0.393 e. The summed E-state index contributed by atoms with van der Waals surface area (Å²) in [5.74, 6) is -0.402. The summed E-state index contributed by atoms with van der Waals surface area (Å²) in [6.45, 7) is 3.29. The minimum absolute atomic E-state index is 0.0648. The van der Waals surface area contributed by atoms with Crippen LogP contribution in [0.15, 0.2) is 24.3 Å². The molecule has 0 saturated carbocycles. The first kappa shape index (κ1) is 13.9. The highest BCUT2D eigenvalue weighted by Gasteiger charge is 2.34. The van der Waals surface area contributed by atoms with Crippen LogP contribution in [0, 0.1) is 11.2 Å². The smallest absolute Gasteiger partial charge is 0.253 e. The number of amides is 1. The Morgan fingerprint density at radius 3 is 2.32 bits per heavy atom. The number of carbonyl (C=O) groups is 1. The lowest BCUT2D eigenvalue weighted by molar-refractivity contribution is 0.0670. The Bertz CT molecular complexity index is 493. The fraction of sp³-hybridized carbons (Fsp3) is 0.429. The van der Waals surface area contributed by atoms with E-state index in [0.29, 0.717) is 23.6 Å². The predicted molar refractivity (Wildman–Crippen MR) is 76.4 cm³/mol. The Morgan fingerprint density at radius 2 is 1.84 bits per heavy atom. The Hall–Kier alpha value is -1.49. The van der Waals surface area contributed by atoms with Gasteiger partial charge in [-0.2, -0.15) is 0 Å². The molecule has 1 saturated heterocycles. The topological polar surface area (TPSA) is 46.3 Å². The van der Waals surface area contributed by atoms with Gasteiger partial charge in [-0.3, -0.25) is 4.79 Å². The predicted octanol–water partition coefficient (Wildman–Crippen LogP) is 2.35. The van der Waals surface area contributed by atoms with E-state index in [1.54, 1.807) is 4.90 Å². The monoisotopic (exact) mass is 280 g/mol. The summed E-state index contributed by atoms with van der Waals surface area (Å²) in [5, 5.41) is 0. The zero-order valence-electron chi connectivity index (χ0n) is 10.9. The molecule has 0 radical (unpaired) electrons. The zero-order chi connectivity index (χ0) is 14.0. The highest BCUT2D eigenvalue weighted by molar-refractivity contribution is 7.80. The fourth-order valence-corrected chi connectivity index (χ4v) is 2.43. The van der Waals surface area contributed by atoms with Gasteiger partial charge in [0, 0.05) is 24.1 Å². The Kier molecular flexibility index (Phi) is 3.85. The van der Waals surface area contributed by atoms with Gasteiger partial charge in [0.25, 0.3) is 5.91 Å². The van der Waals surface area contributed by atoms with Crippen LogP contribution in [0.4, 0.5) is 4.39 Å². The fourth-order valence-electron chi connectivity index (χ4n) is 2.22. The molecular weight excluding hydrogens is 263 g/mol. The van der Waals surface area contributed by atoms with Gasteiger partial charge in [-0.25, -0.2) is 4.39 Å². The number of nitrogens with zero attached hydrogens (tertiary/aromatic N) is 1. The van der Waals surface area contributed by atoms with Crippen LogP contribution in [0.5, 0.6) is 0 Å². The van der Waals surface area contributed by atoms with E-state index in [9.17, 15) is 9.18 Å². The summed E-state index contributed by atoms with van der Waals surface area (Å²) < 4.78 is 12.8. The molecule has 19 heavy (non-hydrogen) atoms. The lowest BCUT2D eigenvalue weighted by Crippen LogP contribution is -2.46. The largest absolute Gasteiger partial charge is 0.393 e. The number of nitrogens with two attached hydrogens (primary N) is 1. The molecule has 1 heterocycles. The summed E-state index contributed by atoms with van der Waals surface area (Å²) in [4.78, 5) is 14.5. The summed E-state index contributed by atoms with van der Waals surface area (Å²) in [6, 6.07) is 5.63. The molecule has 0 bridgehead atoms. The molecule has 3 nitrogen and oxygen atoms in total. The van der Waals surface area contributed by atoms with Gasteiger partial charge in [0.2, 0.25) is 0 Å². The maximum Gasteiger partial charge on any atom is 0.253 e. The number of carbonyl (C=O) groups excluding carboxylic acids is 1. The molecule has 5 heteroatoms. The summed E-state index contributed by atoms with van der Waals surface area (Å²) in [7, 11) is 0. The van der Waals surface area contributed by atoms with Crippen LogP contribution >= 0.6 is 12.2 Å². The van der Waals surface area contributed by atoms with Gasteiger partial charge in [-0.15, -0.1) is 0 Å². The third-order valence-corrected chi connectivity index (χ3v) is 4.33. The molecule has 0 unspecified atom stereocenters. The van der Waals surface area contributed by atoms with E-state index in [1.165, 1.54) is 24.3 Å². The van der Waals surface area contributed by atoms with E-state index in [1.807, 2.05) is 6.92 Å². The van der Waals surface area contributed by atoms with Gasteiger partial charge in [-0.05, 0) is 37.1 Å². The molecule has 1 amide bonds. The van der Waals surface area contributed by atoms with Crippen molar-refractivity contribution in [3.63, 3.8) is 0 Å². The molecule has 2 rings (SSSR count). The second kappa shape index (κ2) is 5.25. The highest BCUT2D eigenvalue weighted by Crippen LogP contribution is 2.31. The van der Waals surface area contributed by atoms with Crippen LogP contribution < -0.4 is 5.73 Å². The second-order valence-corrected chi connectivity index (χ2v) is 5.66. The first-order valence-electron chi connectivity index (χ1n) is 6.27. The lowest BCUT2D eigenvalue weighted by Gasteiger charge is -2.38. The molecule has 0 atom stereocenters. The third-order valence-electron chi connectivity index (χ3n) is 3.84. The summed E-state index contributed by atoms with van der Waals surface area (Å²) in [5.41, 5.74) is 6.09. The van der Waals surface area contributed by atoms with Crippen molar-refractivity contribution >= 4 is 23.1 Å². The maximum atomic E-state index is 12.8. The third kappa shape index (κ3) is 2.92. The van der Waals surface area contributed by atoms with Crippen LogP contribution in [-0.2, 0) is 0 Å². The van der Waals surface area contributed by atoms with Crippen LogP contribution in [0.1, 0.15) is 30.1 Å². The average molecular weight is 280 g/mol. The standard InChI is InChI=1S/C14H17FN2OS/c1-14(13(16)19)6-8-17(9-7-14)12(18)10-2-4-11(15)5-3-10/h2-5H,6-9H2,1H3,(H2,16,19). The quantitative estimate of drug-likeness (QED) is 0.846. The van der Waals surface area contributed by atoms with Gasteiger partial charge < -0.3 is 10.6 Å². The maximum absolute atomic E-state index is 12.8. The molecule has 1 fully saturated rings. The molecule has 0 aliphatic carbocycles. The van der Waals surface area contributed by atoms with Crippen LogP contribution in [0.3, 0.4) is 0 Å². The van der Waals surface area contributed by atoms with E-state index in [0.717, 1.165) is 12.8 Å². The van der Waals surface area contributed by atoms with Gasteiger partial charge in [0.1, 0.15) is 5.82 Å². The molecule has 0 aromatic heterocycles. The van der Waals surface area contributed by atoms with E-state index >= 15 is 0 Å². The van der Waals surface area contributed by atoms with Crippen molar-refractivity contribution in [1.82, 2.24) is 4.90 Å². The van der Waals surface area contributed by atoms with E-state index in [-0.39, 0.29) is 17.1 Å². The number of thiocarbonyl (C=S) groups is 1. The summed E-state index contributed by atoms with van der Waals surface area (Å²) in [6.07, 6.45) is 1.55. The Balaban J connectivity index is 2.04. The number of hydrogen-bond donors (Lipinski definition) is 1. The number of likely N-dealkylation sites (tertiary alicyclic amines) is 1. The molecule has 102 valence electrons. The van der Waals surface area contributed by atoms with Crippen LogP contribution in [-0.4, -0.2) is 28.9 Å². The van der Waals surface area contributed by atoms with E-state index < -0.39 is 0 Å². The normalized spacial score (nSPS) is 18.1. The molecule has 1 aromatic carbocycles. The van der Waals surface area contributed by atoms with Gasteiger partial charge in [0.15, 0.2) is 0 Å². The van der Waals surface area contributed by atoms with Crippen molar-refractivity contribution < 1.29 is 9.18 Å². The Labute approximate surface area is 117 Å². The number of piperidine rings is 1. The molecule has 1 aromatic rings. The molecule has 1 aliphatic rings. The number of benzene rings is 1. The molecule has 2 N–H and O–H groups in total. The van der Waals surface area contributed by atoms with E-state index in [2.05, 4.69) is 0 Å². The van der Waals surface area contributed by atoms with Gasteiger partial charge in [-0.1, -0.05) is 19.1 Å². The first-order chi connectivity index (χ1) is 8.92. The van der Waals surface area contributed by atoms with Gasteiger partial charge >= 0.3 is 0 Å². The number of halogens is 1. The van der Waals surface area contributed by atoms with Crippen molar-refractivity contribution in [3.8, 4) is 0 Å². The van der Waals surface area contributed by atoms with Crippen molar-refractivity contribution in [2.45, 2.75) is 19.8 Å². The molecular formula is C14H17FN2OS. The first-order valence-corrected chi connectivity index (χ1v) is 6.68. The number of hydrogen-bond acceptors (Lipinski definition) is 2. The van der Waals surface area contributed by atoms with Crippen molar-refractivity contribution in [3.05, 3.63) is 35.6 Å². The number of rotatable bonds is 2. The van der Waals surface area contributed by atoms with E-state index in [4.69, 9.17) is 18.0 Å². The molecule has 0 spiro atoms. The van der Waals surface area contributed by atoms with Crippen molar-refractivity contribution in [2.24, 2.45) is 11.1 Å². The minimum atomic E-state index is -0.337.